The molecule has 0 atom stereocenters. The van der Waals surface area contributed by atoms with Crippen LogP contribution in [-0.2, 0) is 4.89 Å². The average Bonchev–Trinajstić information content (AvgIpc) is 1.35. The van der Waals surface area contributed by atoms with Gasteiger partial charge in [0.05, 0.1) is 0 Å². The van der Waals surface area contributed by atoms with Crippen molar-refractivity contribution in [1.82, 2.24) is 0 Å². The molecule has 0 aromatic carbocycles. The predicted molar refractivity (Wildman–Crippen MR) is 20.8 cm³/mol. The van der Waals surface area contributed by atoms with Gasteiger partial charge in [0.2, 0.25) is 0 Å². The molecule has 0 N–H and O–H groups in total. The van der Waals surface area contributed by atoms with Crippen LogP contribution in [0.15, 0.2) is 0 Å². The van der Waals surface area contributed by atoms with Gasteiger partial charge in [0.1, 0.15) is 0 Å². The molecule has 0 unspecified atom stereocenters. The summed E-state index contributed by atoms with van der Waals surface area (Å²) in [6, 6.07) is 0. The first-order valence-corrected chi connectivity index (χ1v) is 1.87. The third-order valence-electron chi connectivity index (χ3n) is 0.250. The molecule has 0 fully saturated rings. The summed E-state index contributed by atoms with van der Waals surface area (Å²) in [5, 5.41) is 9.45. The molecule has 0 rings (SSSR count). The maximum atomic E-state index is 9.45. The first-order chi connectivity index (χ1) is 2.56. The molecule has 0 aliphatic carbocycles. The van der Waals surface area contributed by atoms with Crippen molar-refractivity contribution in [2.75, 3.05) is 0 Å². The van der Waals surface area contributed by atoms with Gasteiger partial charge in [-0.15, -0.1) is 0 Å². The van der Waals surface area contributed by atoms with Crippen LogP contribution in [-0.4, -0.2) is 5.60 Å². The Morgan fingerprint density at radius 1 is 1.29 bits per heavy atom. The standard InChI is InChI=1S/C4H10O2.Li/c1-4(2,3)6-5;/h5H,1-3H3;/q;+1/p-1. The van der Waals surface area contributed by atoms with Gasteiger partial charge in [0.25, 0.3) is 0 Å². The van der Waals surface area contributed by atoms with Crippen molar-refractivity contribution < 1.29 is 29.0 Å². The summed E-state index contributed by atoms with van der Waals surface area (Å²) in [5.74, 6) is 0. The molecule has 2 nitrogen and oxygen atoms in total. The van der Waals surface area contributed by atoms with E-state index in [0.717, 1.165) is 0 Å². The average molecular weight is 96.1 g/mol. The van der Waals surface area contributed by atoms with E-state index in [9.17, 15) is 5.26 Å². The SMILES string of the molecule is CC(C)(C)O[O-].[Li+]. The minimum atomic E-state index is -0.514. The van der Waals surface area contributed by atoms with E-state index in [1.807, 2.05) is 0 Å². The van der Waals surface area contributed by atoms with Crippen molar-refractivity contribution in [1.29, 1.82) is 0 Å². The van der Waals surface area contributed by atoms with Gasteiger partial charge in [-0.05, 0) is 20.8 Å². The summed E-state index contributed by atoms with van der Waals surface area (Å²) in [6.45, 7) is 5.12. The molecule has 0 saturated carbocycles. The van der Waals surface area contributed by atoms with Crippen molar-refractivity contribution in [2.24, 2.45) is 0 Å². The zero-order valence-electron chi connectivity index (χ0n) is 5.32. The fourth-order valence-electron chi connectivity index (χ4n) is 0. The monoisotopic (exact) mass is 96.1 g/mol. The van der Waals surface area contributed by atoms with E-state index < -0.39 is 5.60 Å². The molecule has 0 radical (unpaired) electrons. The van der Waals surface area contributed by atoms with Crippen molar-refractivity contribution in [3.05, 3.63) is 0 Å². The Bertz CT molecular complexity index is 39.4. The van der Waals surface area contributed by atoms with Crippen LogP contribution in [0.5, 0.6) is 0 Å². The van der Waals surface area contributed by atoms with E-state index >= 15 is 0 Å². The zero-order chi connectivity index (χ0) is 5.21. The molecule has 0 saturated heterocycles. The van der Waals surface area contributed by atoms with Crippen LogP contribution in [0, 0.1) is 0 Å². The molecule has 0 aliphatic heterocycles. The van der Waals surface area contributed by atoms with E-state index in [4.69, 9.17) is 0 Å². The first kappa shape index (κ1) is 10.5. The first-order valence-electron chi connectivity index (χ1n) is 1.87. The fraction of sp³-hybridized carbons (Fsp3) is 1.00. The Labute approximate surface area is 56.0 Å². The molecular weight excluding hydrogens is 87.0 g/mol. The van der Waals surface area contributed by atoms with Gasteiger partial charge in [-0.3, -0.25) is 0 Å². The smallest absolute Gasteiger partial charge is 0.723 e. The van der Waals surface area contributed by atoms with Gasteiger partial charge in [-0.25, -0.2) is 0 Å². The van der Waals surface area contributed by atoms with Gasteiger partial charge in [0, 0.05) is 5.60 Å². The quantitative estimate of drug-likeness (QED) is 0.184. The molecule has 0 amide bonds. The van der Waals surface area contributed by atoms with Crippen molar-refractivity contribution in [3.63, 3.8) is 0 Å². The summed E-state index contributed by atoms with van der Waals surface area (Å²) >= 11 is 0. The van der Waals surface area contributed by atoms with E-state index in [-0.39, 0.29) is 18.9 Å². The van der Waals surface area contributed by atoms with E-state index in [2.05, 4.69) is 4.89 Å². The Morgan fingerprint density at radius 2 is 1.43 bits per heavy atom. The third kappa shape index (κ3) is 10.7. The molecule has 0 aliphatic rings. The Kier molecular flexibility index (Phi) is 5.26. The minimum Gasteiger partial charge on any atom is -0.723 e. The van der Waals surface area contributed by atoms with E-state index in [1.165, 1.54) is 0 Å². The fourth-order valence-corrected chi connectivity index (χ4v) is 0. The van der Waals surface area contributed by atoms with Crippen LogP contribution in [0.2, 0.25) is 0 Å². The Hall–Kier alpha value is 0.517. The summed E-state index contributed by atoms with van der Waals surface area (Å²) in [4.78, 5) is 3.69. The van der Waals surface area contributed by atoms with Crippen molar-refractivity contribution in [2.45, 2.75) is 26.4 Å². The number of hydrogen-bond acceptors (Lipinski definition) is 2. The number of hydrogen-bond donors (Lipinski definition) is 0. The van der Waals surface area contributed by atoms with Crippen molar-refractivity contribution >= 4 is 0 Å². The molecule has 7 heavy (non-hydrogen) atoms. The largest absolute Gasteiger partial charge is 1.00 e. The van der Waals surface area contributed by atoms with Crippen LogP contribution in [0.1, 0.15) is 20.8 Å². The molecule has 0 heterocycles. The second kappa shape index (κ2) is 3.51. The predicted octanol–water partition coefficient (Wildman–Crippen LogP) is -2.92. The molecular formula is C4H9LiO2. The molecule has 0 spiro atoms. The normalized spacial score (nSPS) is 10.3. The molecule has 38 valence electrons. The van der Waals surface area contributed by atoms with Crippen LogP contribution in [0.3, 0.4) is 0 Å². The van der Waals surface area contributed by atoms with E-state index in [0.29, 0.717) is 0 Å². The van der Waals surface area contributed by atoms with Crippen molar-refractivity contribution in [3.8, 4) is 0 Å². The van der Waals surface area contributed by atoms with Gasteiger partial charge >= 0.3 is 18.9 Å². The van der Waals surface area contributed by atoms with E-state index in [1.54, 1.807) is 20.8 Å². The van der Waals surface area contributed by atoms with Gasteiger partial charge in [0.15, 0.2) is 0 Å². The van der Waals surface area contributed by atoms with Gasteiger partial charge in [-0.2, -0.15) is 0 Å². The van der Waals surface area contributed by atoms with Gasteiger partial charge < -0.3 is 10.1 Å². The van der Waals surface area contributed by atoms with Crippen LogP contribution in [0.4, 0.5) is 0 Å². The number of rotatable bonds is 0. The Balaban J connectivity index is 0. The third-order valence-corrected chi connectivity index (χ3v) is 0.250. The minimum absolute atomic E-state index is 0. The maximum Gasteiger partial charge on any atom is 1.00 e. The summed E-state index contributed by atoms with van der Waals surface area (Å²) in [5.41, 5.74) is -0.514. The second-order valence-electron chi connectivity index (χ2n) is 2.20. The second-order valence-corrected chi connectivity index (χ2v) is 2.20. The Morgan fingerprint density at radius 3 is 1.43 bits per heavy atom. The molecule has 0 aromatic rings. The van der Waals surface area contributed by atoms with Gasteiger partial charge in [-0.1, -0.05) is 0 Å². The maximum absolute atomic E-state index is 9.45. The summed E-state index contributed by atoms with van der Waals surface area (Å²) in [7, 11) is 0. The molecule has 0 bridgehead atoms. The molecule has 3 heteroatoms. The summed E-state index contributed by atoms with van der Waals surface area (Å²) < 4.78 is 0. The summed E-state index contributed by atoms with van der Waals surface area (Å²) in [6.07, 6.45) is 0. The van der Waals surface area contributed by atoms with Crippen LogP contribution >= 0.6 is 0 Å². The topological polar surface area (TPSA) is 32.3 Å². The van der Waals surface area contributed by atoms with Crippen LogP contribution in [0.25, 0.3) is 0 Å². The van der Waals surface area contributed by atoms with Crippen LogP contribution < -0.4 is 24.1 Å². The molecule has 0 aromatic heterocycles. The zero-order valence-corrected chi connectivity index (χ0v) is 5.32.